The third-order valence-electron chi connectivity index (χ3n) is 4.80. The second-order valence-corrected chi connectivity index (χ2v) is 7.90. The molecule has 0 aliphatic carbocycles. The van der Waals surface area contributed by atoms with Crippen molar-refractivity contribution >= 4 is 27.7 Å². The first-order valence-corrected chi connectivity index (χ1v) is 10.5. The van der Waals surface area contributed by atoms with Crippen LogP contribution in [0.3, 0.4) is 0 Å². The molecule has 1 saturated heterocycles. The Morgan fingerprint density at radius 2 is 2.07 bits per heavy atom. The van der Waals surface area contributed by atoms with Crippen LogP contribution in [0.4, 0.5) is 10.2 Å². The van der Waals surface area contributed by atoms with Gasteiger partial charge in [-0.15, -0.1) is 0 Å². The van der Waals surface area contributed by atoms with Crippen LogP contribution in [0.2, 0.25) is 0 Å². The number of anilines is 1. The van der Waals surface area contributed by atoms with Crippen molar-refractivity contribution in [2.24, 2.45) is 4.99 Å². The summed E-state index contributed by atoms with van der Waals surface area (Å²) < 4.78 is 14.2. The van der Waals surface area contributed by atoms with E-state index in [0.29, 0.717) is 17.1 Å². The molecule has 0 atom stereocenters. The molecule has 0 spiro atoms. The van der Waals surface area contributed by atoms with E-state index in [1.807, 2.05) is 19.2 Å². The van der Waals surface area contributed by atoms with E-state index in [2.05, 4.69) is 60.5 Å². The van der Waals surface area contributed by atoms with Crippen LogP contribution in [0, 0.1) is 12.7 Å². The lowest BCUT2D eigenvalue weighted by molar-refractivity contribution is 0.459. The third-order valence-corrected chi connectivity index (χ3v) is 5.45. The van der Waals surface area contributed by atoms with Crippen molar-refractivity contribution < 1.29 is 4.39 Å². The van der Waals surface area contributed by atoms with Crippen LogP contribution in [0.25, 0.3) is 0 Å². The number of piperidine rings is 1. The molecule has 0 bridgehead atoms. The molecule has 2 N–H and O–H groups in total. The Bertz CT molecular complexity index is 801. The maximum Gasteiger partial charge on any atom is 0.191 e. The summed E-state index contributed by atoms with van der Waals surface area (Å²) in [5.41, 5.74) is 2.02. The zero-order valence-electron chi connectivity index (χ0n) is 16.4. The van der Waals surface area contributed by atoms with Crippen LogP contribution in [-0.2, 0) is 6.54 Å². The molecular weight excluding hydrogens is 421 g/mol. The van der Waals surface area contributed by atoms with E-state index in [1.54, 1.807) is 6.07 Å². The Kier molecular flexibility index (Phi) is 7.25. The van der Waals surface area contributed by atoms with Crippen molar-refractivity contribution in [1.82, 2.24) is 15.6 Å². The van der Waals surface area contributed by atoms with E-state index in [-0.39, 0.29) is 5.82 Å². The van der Waals surface area contributed by atoms with E-state index in [1.165, 1.54) is 11.6 Å². The number of aliphatic imine (C=N–C) groups is 1. The second-order valence-electron chi connectivity index (χ2n) is 7.04. The minimum absolute atomic E-state index is 0.261. The summed E-state index contributed by atoms with van der Waals surface area (Å²) >= 11 is 3.18. The van der Waals surface area contributed by atoms with Gasteiger partial charge in [-0.3, -0.25) is 0 Å². The lowest BCUT2D eigenvalue weighted by atomic mass is 10.1. The molecule has 2 heterocycles. The number of hydrogen-bond acceptors (Lipinski definition) is 3. The van der Waals surface area contributed by atoms with Gasteiger partial charge < -0.3 is 15.5 Å². The van der Waals surface area contributed by atoms with Gasteiger partial charge in [0.05, 0.1) is 11.0 Å². The molecule has 1 fully saturated rings. The fourth-order valence-corrected chi connectivity index (χ4v) is 3.47. The molecule has 1 aliphatic rings. The van der Waals surface area contributed by atoms with E-state index in [0.717, 1.165) is 49.8 Å². The number of rotatable bonds is 5. The Morgan fingerprint density at radius 3 is 2.71 bits per heavy atom. The van der Waals surface area contributed by atoms with Gasteiger partial charge in [-0.05, 0) is 71.9 Å². The van der Waals surface area contributed by atoms with Crippen LogP contribution in [0.1, 0.15) is 30.9 Å². The van der Waals surface area contributed by atoms with Gasteiger partial charge in [0.1, 0.15) is 11.6 Å². The highest BCUT2D eigenvalue weighted by atomic mass is 79.9. The molecule has 3 rings (SSSR count). The molecule has 0 amide bonds. The van der Waals surface area contributed by atoms with E-state index in [4.69, 9.17) is 0 Å². The monoisotopic (exact) mass is 447 g/mol. The number of pyridine rings is 1. The standard InChI is InChI=1S/C21H27BrFN5/c1-3-24-21(26-14-16-5-6-18(22)19(23)12-16)27-17-8-10-28(11-9-17)20-7-4-15(2)13-25-20/h4-7,12-13,17H,3,8-11,14H2,1-2H3,(H2,24,26,27). The largest absolute Gasteiger partial charge is 0.357 e. The van der Waals surface area contributed by atoms with Gasteiger partial charge in [0.15, 0.2) is 5.96 Å². The Balaban J connectivity index is 1.55. The summed E-state index contributed by atoms with van der Waals surface area (Å²) in [6.45, 7) is 7.24. The minimum Gasteiger partial charge on any atom is -0.357 e. The van der Waals surface area contributed by atoms with E-state index in [9.17, 15) is 4.39 Å². The van der Waals surface area contributed by atoms with Crippen molar-refractivity contribution in [3.8, 4) is 0 Å². The highest BCUT2D eigenvalue weighted by Gasteiger charge is 2.20. The van der Waals surface area contributed by atoms with Crippen molar-refractivity contribution in [3.63, 3.8) is 0 Å². The van der Waals surface area contributed by atoms with Crippen LogP contribution in [-0.4, -0.2) is 36.6 Å². The van der Waals surface area contributed by atoms with Gasteiger partial charge in [0.25, 0.3) is 0 Å². The highest BCUT2D eigenvalue weighted by molar-refractivity contribution is 9.10. The summed E-state index contributed by atoms with van der Waals surface area (Å²) in [7, 11) is 0. The van der Waals surface area contributed by atoms with Crippen LogP contribution < -0.4 is 15.5 Å². The molecule has 0 unspecified atom stereocenters. The molecule has 28 heavy (non-hydrogen) atoms. The molecule has 1 aliphatic heterocycles. The van der Waals surface area contributed by atoms with Crippen molar-refractivity contribution in [3.05, 3.63) is 57.9 Å². The molecule has 2 aromatic rings. The molecule has 7 heteroatoms. The third kappa shape index (κ3) is 5.67. The number of halogens is 2. The van der Waals surface area contributed by atoms with Gasteiger partial charge in [0, 0.05) is 31.9 Å². The summed E-state index contributed by atoms with van der Waals surface area (Å²) in [5.74, 6) is 1.56. The first-order chi connectivity index (χ1) is 13.5. The lowest BCUT2D eigenvalue weighted by Crippen LogP contribution is -2.48. The first kappa shape index (κ1) is 20.6. The zero-order chi connectivity index (χ0) is 19.9. The van der Waals surface area contributed by atoms with E-state index < -0.39 is 0 Å². The second kappa shape index (κ2) is 9.87. The van der Waals surface area contributed by atoms with Crippen LogP contribution >= 0.6 is 15.9 Å². The number of benzene rings is 1. The predicted molar refractivity (Wildman–Crippen MR) is 116 cm³/mol. The van der Waals surface area contributed by atoms with Gasteiger partial charge in [-0.25, -0.2) is 14.4 Å². The highest BCUT2D eigenvalue weighted by Crippen LogP contribution is 2.19. The summed E-state index contributed by atoms with van der Waals surface area (Å²) in [6, 6.07) is 9.67. The quantitative estimate of drug-likeness (QED) is 0.536. The topological polar surface area (TPSA) is 52.6 Å². The Morgan fingerprint density at radius 1 is 1.29 bits per heavy atom. The zero-order valence-corrected chi connectivity index (χ0v) is 18.0. The van der Waals surface area contributed by atoms with Crippen LogP contribution in [0.5, 0.6) is 0 Å². The molecule has 5 nitrogen and oxygen atoms in total. The average molecular weight is 448 g/mol. The normalized spacial score (nSPS) is 15.6. The Hall–Kier alpha value is -2.15. The molecule has 0 radical (unpaired) electrons. The van der Waals surface area contributed by atoms with Crippen molar-refractivity contribution in [1.29, 1.82) is 0 Å². The number of hydrogen-bond donors (Lipinski definition) is 2. The molecular formula is C21H27BrFN5. The van der Waals surface area contributed by atoms with Crippen LogP contribution in [0.15, 0.2) is 46.0 Å². The number of guanidine groups is 1. The van der Waals surface area contributed by atoms with Gasteiger partial charge in [-0.2, -0.15) is 0 Å². The molecule has 0 saturated carbocycles. The maximum absolute atomic E-state index is 13.7. The molecule has 1 aromatic carbocycles. The van der Waals surface area contributed by atoms with Crippen molar-refractivity contribution in [2.45, 2.75) is 39.3 Å². The van der Waals surface area contributed by atoms with Gasteiger partial charge in [-0.1, -0.05) is 12.1 Å². The summed E-state index contributed by atoms with van der Waals surface area (Å²) in [6.07, 6.45) is 3.96. The summed E-state index contributed by atoms with van der Waals surface area (Å²) in [5, 5.41) is 6.81. The fraction of sp³-hybridized carbons (Fsp3) is 0.429. The Labute approximate surface area is 174 Å². The predicted octanol–water partition coefficient (Wildman–Crippen LogP) is 4.02. The maximum atomic E-state index is 13.7. The molecule has 1 aromatic heterocycles. The lowest BCUT2D eigenvalue weighted by Gasteiger charge is -2.33. The van der Waals surface area contributed by atoms with Gasteiger partial charge in [0.2, 0.25) is 0 Å². The fourth-order valence-electron chi connectivity index (χ4n) is 3.22. The summed E-state index contributed by atoms with van der Waals surface area (Å²) in [4.78, 5) is 11.5. The number of aryl methyl sites for hydroxylation is 1. The van der Waals surface area contributed by atoms with Gasteiger partial charge >= 0.3 is 0 Å². The average Bonchev–Trinajstić information content (AvgIpc) is 2.70. The van der Waals surface area contributed by atoms with E-state index >= 15 is 0 Å². The first-order valence-electron chi connectivity index (χ1n) is 9.71. The van der Waals surface area contributed by atoms with Crippen molar-refractivity contribution in [2.75, 3.05) is 24.5 Å². The SMILES string of the molecule is CCNC(=NCc1ccc(Br)c(F)c1)NC1CCN(c2ccc(C)cn2)CC1. The minimum atomic E-state index is -0.261. The number of nitrogens with one attached hydrogen (secondary N) is 2. The number of nitrogens with zero attached hydrogens (tertiary/aromatic N) is 3. The smallest absolute Gasteiger partial charge is 0.191 e. The molecule has 150 valence electrons. The number of aromatic nitrogens is 1.